The summed E-state index contributed by atoms with van der Waals surface area (Å²) in [5, 5.41) is 12.7. The van der Waals surface area contributed by atoms with Crippen LogP contribution in [0.5, 0.6) is 0 Å². The average Bonchev–Trinajstić information content (AvgIpc) is 2.79. The summed E-state index contributed by atoms with van der Waals surface area (Å²) in [5.74, 6) is 6.19. The van der Waals surface area contributed by atoms with Gasteiger partial charge in [-0.2, -0.15) is 0 Å². The summed E-state index contributed by atoms with van der Waals surface area (Å²) >= 11 is 5.99. The fourth-order valence-corrected chi connectivity index (χ4v) is 3.15. The SMILES string of the molecule is N/C=C1/c2ccccc2C(CC(O)c2cccc(Cl)c2)N1N. The summed E-state index contributed by atoms with van der Waals surface area (Å²) in [5.41, 5.74) is 9.34. The van der Waals surface area contributed by atoms with Crippen molar-refractivity contribution in [1.82, 2.24) is 5.01 Å². The van der Waals surface area contributed by atoms with Crippen LogP contribution in [0.25, 0.3) is 5.70 Å². The zero-order chi connectivity index (χ0) is 15.7. The van der Waals surface area contributed by atoms with Crippen LogP contribution in [0.2, 0.25) is 5.02 Å². The van der Waals surface area contributed by atoms with E-state index in [-0.39, 0.29) is 6.04 Å². The molecule has 1 heterocycles. The van der Waals surface area contributed by atoms with E-state index in [0.29, 0.717) is 11.4 Å². The number of halogens is 1. The topological polar surface area (TPSA) is 75.5 Å². The molecular weight excluding hydrogens is 298 g/mol. The number of nitrogens with two attached hydrogens (primary N) is 2. The summed E-state index contributed by atoms with van der Waals surface area (Å²) in [4.78, 5) is 0. The molecule has 22 heavy (non-hydrogen) atoms. The number of nitrogens with zero attached hydrogens (tertiary/aromatic N) is 1. The number of benzene rings is 2. The number of hydrogen-bond acceptors (Lipinski definition) is 4. The smallest absolute Gasteiger partial charge is 0.0814 e. The highest BCUT2D eigenvalue weighted by atomic mass is 35.5. The van der Waals surface area contributed by atoms with Crippen LogP contribution in [-0.2, 0) is 0 Å². The van der Waals surface area contributed by atoms with Crippen molar-refractivity contribution >= 4 is 17.3 Å². The van der Waals surface area contributed by atoms with Crippen molar-refractivity contribution in [2.45, 2.75) is 18.6 Å². The van der Waals surface area contributed by atoms with Crippen LogP contribution in [0, 0.1) is 0 Å². The molecule has 4 nitrogen and oxygen atoms in total. The molecule has 0 radical (unpaired) electrons. The van der Waals surface area contributed by atoms with Gasteiger partial charge in [0.2, 0.25) is 0 Å². The van der Waals surface area contributed by atoms with Crippen molar-refractivity contribution in [3.8, 4) is 0 Å². The summed E-state index contributed by atoms with van der Waals surface area (Å²) in [7, 11) is 0. The molecule has 0 saturated heterocycles. The van der Waals surface area contributed by atoms with Gasteiger partial charge in [-0.05, 0) is 23.3 Å². The second-order valence-electron chi connectivity index (χ2n) is 5.37. The predicted molar refractivity (Wildman–Crippen MR) is 88.4 cm³/mol. The molecule has 5 N–H and O–H groups in total. The molecule has 0 bridgehead atoms. The molecule has 2 atom stereocenters. The number of aliphatic hydroxyl groups is 1. The van der Waals surface area contributed by atoms with Gasteiger partial charge < -0.3 is 15.8 Å². The zero-order valence-corrected chi connectivity index (χ0v) is 12.7. The van der Waals surface area contributed by atoms with Crippen molar-refractivity contribution in [1.29, 1.82) is 0 Å². The lowest BCUT2D eigenvalue weighted by atomic mass is 9.96. The van der Waals surface area contributed by atoms with E-state index in [1.165, 1.54) is 6.20 Å². The molecular formula is C17H18ClN3O. The zero-order valence-electron chi connectivity index (χ0n) is 12.0. The van der Waals surface area contributed by atoms with Gasteiger partial charge in [-0.3, -0.25) is 0 Å². The minimum atomic E-state index is -0.653. The highest BCUT2D eigenvalue weighted by Crippen LogP contribution is 2.42. The first-order chi connectivity index (χ1) is 10.6. The highest BCUT2D eigenvalue weighted by Gasteiger charge is 2.33. The standard InChI is InChI=1S/C17H18ClN3O/c18-12-5-3-4-11(8-12)17(22)9-15-13-6-1-2-7-14(13)16(10-19)21(15)20/h1-8,10,15,17,22H,9,19-20H2/b16-10-. The van der Waals surface area contributed by atoms with E-state index in [4.69, 9.17) is 23.2 Å². The Morgan fingerprint density at radius 3 is 2.73 bits per heavy atom. The number of fused-ring (bicyclic) bond motifs is 1. The molecule has 5 heteroatoms. The van der Waals surface area contributed by atoms with Gasteiger partial charge in [0.1, 0.15) is 0 Å². The van der Waals surface area contributed by atoms with E-state index in [0.717, 1.165) is 22.4 Å². The summed E-state index contributed by atoms with van der Waals surface area (Å²) in [6.07, 6.45) is 1.32. The Labute approximate surface area is 134 Å². The van der Waals surface area contributed by atoms with Crippen LogP contribution in [0.3, 0.4) is 0 Å². The largest absolute Gasteiger partial charge is 0.403 e. The molecule has 0 spiro atoms. The lowest BCUT2D eigenvalue weighted by molar-refractivity contribution is 0.130. The van der Waals surface area contributed by atoms with Gasteiger partial charge in [-0.25, -0.2) is 5.84 Å². The van der Waals surface area contributed by atoms with Crippen molar-refractivity contribution in [2.75, 3.05) is 0 Å². The van der Waals surface area contributed by atoms with E-state index in [9.17, 15) is 5.11 Å². The highest BCUT2D eigenvalue weighted by molar-refractivity contribution is 6.30. The van der Waals surface area contributed by atoms with E-state index >= 15 is 0 Å². The van der Waals surface area contributed by atoms with Crippen molar-refractivity contribution in [3.05, 3.63) is 76.4 Å². The maximum atomic E-state index is 10.5. The lowest BCUT2D eigenvalue weighted by Gasteiger charge is -2.25. The fraction of sp³-hybridized carbons (Fsp3) is 0.176. The number of aliphatic hydroxyl groups excluding tert-OH is 1. The first kappa shape index (κ1) is 14.9. The Morgan fingerprint density at radius 1 is 1.23 bits per heavy atom. The molecule has 2 aromatic rings. The predicted octanol–water partition coefficient (Wildman–Crippen LogP) is 2.95. The summed E-state index contributed by atoms with van der Waals surface area (Å²) in [6.45, 7) is 0. The van der Waals surface area contributed by atoms with Crippen LogP contribution in [-0.4, -0.2) is 10.1 Å². The Balaban J connectivity index is 1.89. The van der Waals surface area contributed by atoms with Crippen LogP contribution in [0.15, 0.2) is 54.7 Å². The molecule has 114 valence electrons. The molecule has 2 aromatic carbocycles. The summed E-state index contributed by atoms with van der Waals surface area (Å²) < 4.78 is 0. The third-order valence-corrected chi connectivity index (χ3v) is 4.28. The number of hydrogen-bond donors (Lipinski definition) is 3. The van der Waals surface area contributed by atoms with Crippen LogP contribution in [0.4, 0.5) is 0 Å². The molecule has 0 aromatic heterocycles. The normalized spacial score (nSPS) is 20.2. The molecule has 0 fully saturated rings. The van der Waals surface area contributed by atoms with Crippen LogP contribution >= 0.6 is 11.6 Å². The average molecular weight is 316 g/mol. The van der Waals surface area contributed by atoms with Gasteiger partial charge in [-0.1, -0.05) is 48.0 Å². The maximum absolute atomic E-state index is 10.5. The van der Waals surface area contributed by atoms with E-state index in [1.54, 1.807) is 17.1 Å². The quantitative estimate of drug-likeness (QED) is 0.761. The molecule has 0 saturated carbocycles. The Hall–Kier alpha value is -2.01. The second kappa shape index (κ2) is 6.01. The van der Waals surface area contributed by atoms with E-state index in [2.05, 4.69) is 0 Å². The van der Waals surface area contributed by atoms with Crippen molar-refractivity contribution < 1.29 is 5.11 Å². The fourth-order valence-electron chi connectivity index (χ4n) is 2.96. The van der Waals surface area contributed by atoms with Gasteiger partial charge in [0.15, 0.2) is 0 Å². The molecule has 0 amide bonds. The minimum Gasteiger partial charge on any atom is -0.403 e. The third-order valence-electron chi connectivity index (χ3n) is 4.05. The first-order valence-electron chi connectivity index (χ1n) is 7.10. The molecule has 1 aliphatic heterocycles. The Kier molecular flexibility index (Phi) is 4.07. The Bertz CT molecular complexity index is 717. The lowest BCUT2D eigenvalue weighted by Crippen LogP contribution is -2.30. The number of rotatable bonds is 3. The minimum absolute atomic E-state index is 0.125. The van der Waals surface area contributed by atoms with Crippen LogP contribution < -0.4 is 11.6 Å². The first-order valence-corrected chi connectivity index (χ1v) is 7.48. The second-order valence-corrected chi connectivity index (χ2v) is 5.81. The molecule has 1 aliphatic rings. The molecule has 2 unspecified atom stereocenters. The monoisotopic (exact) mass is 315 g/mol. The number of hydrazine groups is 1. The van der Waals surface area contributed by atoms with Gasteiger partial charge in [0.25, 0.3) is 0 Å². The molecule has 3 rings (SSSR count). The molecule has 0 aliphatic carbocycles. The Morgan fingerprint density at radius 2 is 2.00 bits per heavy atom. The third kappa shape index (κ3) is 2.57. The van der Waals surface area contributed by atoms with Gasteiger partial charge in [-0.15, -0.1) is 0 Å². The van der Waals surface area contributed by atoms with Crippen molar-refractivity contribution in [2.24, 2.45) is 11.6 Å². The van der Waals surface area contributed by atoms with E-state index in [1.807, 2.05) is 36.4 Å². The van der Waals surface area contributed by atoms with Crippen molar-refractivity contribution in [3.63, 3.8) is 0 Å². The van der Waals surface area contributed by atoms with Gasteiger partial charge in [0.05, 0.1) is 17.8 Å². The van der Waals surface area contributed by atoms with Gasteiger partial charge >= 0.3 is 0 Å². The van der Waals surface area contributed by atoms with E-state index < -0.39 is 6.10 Å². The van der Waals surface area contributed by atoms with Gasteiger partial charge in [0, 0.05) is 23.2 Å². The maximum Gasteiger partial charge on any atom is 0.0814 e. The van der Waals surface area contributed by atoms with Crippen LogP contribution in [0.1, 0.15) is 35.3 Å². The summed E-state index contributed by atoms with van der Waals surface area (Å²) in [6, 6.07) is 15.0.